The summed E-state index contributed by atoms with van der Waals surface area (Å²) >= 11 is 0. The van der Waals surface area contributed by atoms with E-state index in [2.05, 4.69) is 5.32 Å². The zero-order valence-electron chi connectivity index (χ0n) is 11.8. The maximum absolute atomic E-state index is 11.1. The van der Waals surface area contributed by atoms with E-state index in [4.69, 9.17) is 9.84 Å². The lowest BCUT2D eigenvalue weighted by atomic mass is 9.92. The molecule has 21 heavy (non-hydrogen) atoms. The van der Waals surface area contributed by atoms with Crippen LogP contribution in [0, 0.1) is 10.1 Å². The molecule has 2 N–H and O–H groups in total. The first-order valence-corrected chi connectivity index (χ1v) is 6.78. The zero-order chi connectivity index (χ0) is 15.5. The van der Waals surface area contributed by atoms with Crippen LogP contribution in [0.15, 0.2) is 18.2 Å². The maximum atomic E-state index is 11.1. The van der Waals surface area contributed by atoms with E-state index in [0.717, 1.165) is 25.7 Å². The fraction of sp³-hybridized carbons (Fsp3) is 0.500. The predicted octanol–water partition coefficient (Wildman–Crippen LogP) is 2.80. The fourth-order valence-electron chi connectivity index (χ4n) is 2.87. The average molecular weight is 294 g/mol. The Morgan fingerprint density at radius 1 is 1.43 bits per heavy atom. The Labute approximate surface area is 122 Å². The summed E-state index contributed by atoms with van der Waals surface area (Å²) in [5, 5.41) is 23.2. The summed E-state index contributed by atoms with van der Waals surface area (Å²) in [6.07, 6.45) is 3.38. The highest BCUT2D eigenvalue weighted by atomic mass is 16.6. The highest BCUT2D eigenvalue weighted by molar-refractivity contribution is 5.70. The molecule has 0 unspecified atom stereocenters. The average Bonchev–Trinajstić information content (AvgIpc) is 2.85. The Bertz CT molecular complexity index is 552. The van der Waals surface area contributed by atoms with Crippen molar-refractivity contribution in [1.82, 2.24) is 0 Å². The summed E-state index contributed by atoms with van der Waals surface area (Å²) in [6, 6.07) is 4.39. The molecule has 1 saturated carbocycles. The minimum absolute atomic E-state index is 0.00198. The van der Waals surface area contributed by atoms with Gasteiger partial charge in [0.25, 0.3) is 5.69 Å². The van der Waals surface area contributed by atoms with Gasteiger partial charge in [-0.15, -0.1) is 0 Å². The van der Waals surface area contributed by atoms with E-state index in [1.54, 1.807) is 6.07 Å². The van der Waals surface area contributed by atoms with Gasteiger partial charge in [0, 0.05) is 23.4 Å². The number of anilines is 1. The lowest BCUT2D eigenvalue weighted by molar-refractivity contribution is -0.384. The van der Waals surface area contributed by atoms with Gasteiger partial charge in [-0.2, -0.15) is 0 Å². The number of nitro benzene ring substituents is 1. The van der Waals surface area contributed by atoms with Crippen molar-refractivity contribution in [2.45, 2.75) is 37.6 Å². The standard InChI is InChI=1S/C14H18N2O5/c1-21-12-7-10(6-11(8-12)16(19)20)15-14(9-13(17)18)4-2-3-5-14/h6-8,15H,2-5,9H2,1H3,(H,17,18). The molecule has 7 nitrogen and oxygen atoms in total. The highest BCUT2D eigenvalue weighted by Gasteiger charge is 2.36. The van der Waals surface area contributed by atoms with Gasteiger partial charge in [0.2, 0.25) is 0 Å². The first kappa shape index (κ1) is 15.1. The summed E-state index contributed by atoms with van der Waals surface area (Å²) < 4.78 is 5.06. The van der Waals surface area contributed by atoms with Gasteiger partial charge >= 0.3 is 5.97 Å². The Kier molecular flexibility index (Phi) is 4.30. The number of carbonyl (C=O) groups is 1. The molecule has 0 bridgehead atoms. The van der Waals surface area contributed by atoms with Crippen LogP contribution >= 0.6 is 0 Å². The molecule has 1 aliphatic carbocycles. The van der Waals surface area contributed by atoms with E-state index in [1.165, 1.54) is 19.2 Å². The number of ether oxygens (including phenoxy) is 1. The van der Waals surface area contributed by atoms with Gasteiger partial charge in [-0.3, -0.25) is 14.9 Å². The lowest BCUT2D eigenvalue weighted by Crippen LogP contribution is -2.37. The molecule has 114 valence electrons. The molecule has 0 atom stereocenters. The highest BCUT2D eigenvalue weighted by Crippen LogP contribution is 2.37. The minimum Gasteiger partial charge on any atom is -0.496 e. The van der Waals surface area contributed by atoms with Crippen LogP contribution in [0.2, 0.25) is 0 Å². The molecule has 0 spiro atoms. The monoisotopic (exact) mass is 294 g/mol. The summed E-state index contributed by atoms with van der Waals surface area (Å²) in [6.45, 7) is 0. The number of carboxylic acid groups (broad SMARTS) is 1. The number of nitrogens with zero attached hydrogens (tertiary/aromatic N) is 1. The molecule has 1 aromatic rings. The molecule has 0 amide bonds. The second kappa shape index (κ2) is 5.99. The number of hydrogen-bond donors (Lipinski definition) is 2. The first-order valence-electron chi connectivity index (χ1n) is 6.78. The van der Waals surface area contributed by atoms with Gasteiger partial charge in [-0.05, 0) is 12.8 Å². The van der Waals surface area contributed by atoms with Crippen LogP contribution in [0.5, 0.6) is 5.75 Å². The van der Waals surface area contributed by atoms with E-state index < -0.39 is 16.4 Å². The molecule has 0 heterocycles. The molecule has 0 aliphatic heterocycles. The zero-order valence-corrected chi connectivity index (χ0v) is 11.8. The van der Waals surface area contributed by atoms with Crippen LogP contribution in [-0.4, -0.2) is 28.6 Å². The van der Waals surface area contributed by atoms with Crippen molar-refractivity contribution < 1.29 is 19.6 Å². The second-order valence-electron chi connectivity index (χ2n) is 5.36. The molecule has 0 saturated heterocycles. The van der Waals surface area contributed by atoms with Gasteiger partial charge in [0.05, 0.1) is 24.5 Å². The fourth-order valence-corrected chi connectivity index (χ4v) is 2.87. The Morgan fingerprint density at radius 3 is 2.62 bits per heavy atom. The van der Waals surface area contributed by atoms with Gasteiger partial charge in [0.15, 0.2) is 0 Å². The normalized spacial score (nSPS) is 16.4. The molecule has 2 rings (SSSR count). The summed E-state index contributed by atoms with van der Waals surface area (Å²) in [4.78, 5) is 21.5. The van der Waals surface area contributed by atoms with E-state index in [0.29, 0.717) is 11.4 Å². The molecule has 1 aliphatic rings. The third kappa shape index (κ3) is 3.62. The van der Waals surface area contributed by atoms with E-state index in [1.807, 2.05) is 0 Å². The van der Waals surface area contributed by atoms with E-state index >= 15 is 0 Å². The van der Waals surface area contributed by atoms with Crippen molar-refractivity contribution in [3.8, 4) is 5.75 Å². The van der Waals surface area contributed by atoms with Crippen LogP contribution < -0.4 is 10.1 Å². The minimum atomic E-state index is -0.873. The number of methoxy groups -OCH3 is 1. The topological polar surface area (TPSA) is 102 Å². The molecular formula is C14H18N2O5. The number of rotatable bonds is 6. The Hall–Kier alpha value is -2.31. The summed E-state index contributed by atoms with van der Waals surface area (Å²) in [5.41, 5.74) is -0.101. The number of carboxylic acids is 1. The largest absolute Gasteiger partial charge is 0.496 e. The summed E-state index contributed by atoms with van der Waals surface area (Å²) in [7, 11) is 1.44. The van der Waals surface area contributed by atoms with Crippen LogP contribution in [0.25, 0.3) is 0 Å². The van der Waals surface area contributed by atoms with Crippen molar-refractivity contribution >= 4 is 17.3 Å². The van der Waals surface area contributed by atoms with Crippen molar-refractivity contribution in [2.24, 2.45) is 0 Å². The summed E-state index contributed by atoms with van der Waals surface area (Å²) in [5.74, 6) is -0.503. The number of aliphatic carboxylic acids is 1. The number of non-ortho nitro benzene ring substituents is 1. The first-order chi connectivity index (χ1) is 9.94. The molecule has 0 aromatic heterocycles. The third-order valence-corrected chi connectivity index (χ3v) is 3.80. The van der Waals surface area contributed by atoms with Gasteiger partial charge < -0.3 is 15.2 Å². The van der Waals surface area contributed by atoms with Gasteiger partial charge in [0.1, 0.15) is 5.75 Å². The van der Waals surface area contributed by atoms with E-state index in [9.17, 15) is 14.9 Å². The molecular weight excluding hydrogens is 276 g/mol. The Morgan fingerprint density at radius 2 is 2.10 bits per heavy atom. The third-order valence-electron chi connectivity index (χ3n) is 3.80. The molecule has 1 aromatic carbocycles. The van der Waals surface area contributed by atoms with E-state index in [-0.39, 0.29) is 12.1 Å². The van der Waals surface area contributed by atoms with Crippen molar-refractivity contribution in [2.75, 3.05) is 12.4 Å². The smallest absolute Gasteiger partial charge is 0.305 e. The van der Waals surface area contributed by atoms with Crippen molar-refractivity contribution in [3.63, 3.8) is 0 Å². The number of nitro groups is 1. The van der Waals surface area contributed by atoms with Gasteiger partial charge in [-0.1, -0.05) is 12.8 Å². The van der Waals surface area contributed by atoms with Gasteiger partial charge in [-0.25, -0.2) is 0 Å². The number of benzene rings is 1. The lowest BCUT2D eigenvalue weighted by Gasteiger charge is -2.30. The SMILES string of the molecule is COc1cc(NC2(CC(=O)O)CCCC2)cc([N+](=O)[O-])c1. The van der Waals surface area contributed by atoms with Crippen LogP contribution in [0.3, 0.4) is 0 Å². The second-order valence-corrected chi connectivity index (χ2v) is 5.36. The number of hydrogen-bond acceptors (Lipinski definition) is 5. The maximum Gasteiger partial charge on any atom is 0.305 e. The van der Waals surface area contributed by atoms with Crippen LogP contribution in [-0.2, 0) is 4.79 Å². The molecule has 0 radical (unpaired) electrons. The number of nitrogens with one attached hydrogen (secondary N) is 1. The van der Waals surface area contributed by atoms with Crippen LogP contribution in [0.1, 0.15) is 32.1 Å². The van der Waals surface area contributed by atoms with Crippen molar-refractivity contribution in [3.05, 3.63) is 28.3 Å². The molecule has 7 heteroatoms. The quantitative estimate of drug-likeness (QED) is 0.618. The van der Waals surface area contributed by atoms with Crippen LogP contribution in [0.4, 0.5) is 11.4 Å². The molecule has 1 fully saturated rings. The Balaban J connectivity index is 2.29. The predicted molar refractivity (Wildman–Crippen MR) is 76.7 cm³/mol. The van der Waals surface area contributed by atoms with Crippen molar-refractivity contribution in [1.29, 1.82) is 0 Å².